The fourth-order valence-electron chi connectivity index (χ4n) is 6.78. The monoisotopic (exact) mass is 756 g/mol. The van der Waals surface area contributed by atoms with E-state index in [1.54, 1.807) is 24.0 Å². The lowest BCUT2D eigenvalue weighted by Gasteiger charge is -2.16. The van der Waals surface area contributed by atoms with Crippen molar-refractivity contribution in [3.63, 3.8) is 0 Å². The zero-order valence-corrected chi connectivity index (χ0v) is 31.3. The van der Waals surface area contributed by atoms with Gasteiger partial charge in [-0.2, -0.15) is 0 Å². The third-order valence-corrected chi connectivity index (χ3v) is 11.4. The number of aromatic nitrogens is 2. The van der Waals surface area contributed by atoms with Crippen LogP contribution in [0.1, 0.15) is 11.1 Å². The van der Waals surface area contributed by atoms with Crippen LogP contribution in [0.5, 0.6) is 5.75 Å². The maximum Gasteiger partial charge on any atom is 0.271 e. The highest BCUT2D eigenvalue weighted by molar-refractivity contribution is 8.19. The molecule has 0 saturated carbocycles. The number of ether oxygens (including phenoxy) is 1. The van der Waals surface area contributed by atoms with E-state index < -0.39 is 0 Å². The summed E-state index contributed by atoms with van der Waals surface area (Å²) in [5, 5.41) is 3.21. The number of aliphatic imine (C=N–C) groups is 2. The molecule has 9 nitrogen and oxygen atoms in total. The van der Waals surface area contributed by atoms with Crippen LogP contribution in [0.4, 0.5) is 17.1 Å². The van der Waals surface area contributed by atoms with Gasteiger partial charge in [-0.15, -0.1) is 0 Å². The van der Waals surface area contributed by atoms with Gasteiger partial charge < -0.3 is 14.7 Å². The van der Waals surface area contributed by atoms with Crippen LogP contribution in [0.15, 0.2) is 154 Å². The van der Waals surface area contributed by atoms with Gasteiger partial charge in [0.2, 0.25) is 0 Å². The smallest absolute Gasteiger partial charge is 0.271 e. The molecule has 5 aromatic carbocycles. The molecule has 0 atom stereocenters. The highest BCUT2D eigenvalue weighted by atomic mass is 32.2. The van der Waals surface area contributed by atoms with Crippen LogP contribution in [-0.2, 0) is 9.59 Å². The Morgan fingerprint density at radius 2 is 1.29 bits per heavy atom. The van der Waals surface area contributed by atoms with Crippen LogP contribution in [0.3, 0.4) is 0 Å². The molecule has 268 valence electrons. The van der Waals surface area contributed by atoms with Gasteiger partial charge >= 0.3 is 0 Å². The summed E-state index contributed by atoms with van der Waals surface area (Å²) < 4.78 is 5.87. The molecule has 0 radical (unpaired) electrons. The summed E-state index contributed by atoms with van der Waals surface area (Å²) in [7, 11) is 3.34. The predicted octanol–water partition coefficient (Wildman–Crippen LogP) is 10.2. The molecule has 11 heteroatoms. The highest BCUT2D eigenvalue weighted by Gasteiger charge is 2.35. The van der Waals surface area contributed by atoms with Gasteiger partial charge in [-0.25, -0.2) is 4.99 Å². The van der Waals surface area contributed by atoms with Crippen LogP contribution in [0.2, 0.25) is 0 Å². The number of amides is 2. The van der Waals surface area contributed by atoms with Gasteiger partial charge in [0, 0.05) is 47.0 Å². The first kappa shape index (κ1) is 34.2. The number of rotatable bonds is 7. The predicted molar refractivity (Wildman–Crippen MR) is 228 cm³/mol. The number of benzene rings is 5. The Balaban J connectivity index is 1.08. The van der Waals surface area contributed by atoms with E-state index in [-0.39, 0.29) is 11.8 Å². The van der Waals surface area contributed by atoms with E-state index in [1.165, 1.54) is 23.5 Å². The molecule has 2 fully saturated rings. The minimum absolute atomic E-state index is 0.118. The van der Waals surface area contributed by atoms with Gasteiger partial charge in [-0.1, -0.05) is 48.5 Å². The molecule has 2 saturated heterocycles. The second kappa shape index (κ2) is 14.3. The molecule has 0 aliphatic carbocycles. The van der Waals surface area contributed by atoms with E-state index in [9.17, 15) is 9.59 Å². The van der Waals surface area contributed by atoms with Crippen molar-refractivity contribution in [1.82, 2.24) is 9.97 Å². The van der Waals surface area contributed by atoms with Crippen molar-refractivity contribution >= 4 is 96.7 Å². The zero-order valence-electron chi connectivity index (χ0n) is 29.7. The fraction of sp³-hybridized carbons (Fsp3) is 0.0455. The lowest BCUT2D eigenvalue weighted by atomic mass is 10.0. The Bertz CT molecular complexity index is 2770. The largest absolute Gasteiger partial charge is 0.496 e. The Morgan fingerprint density at radius 1 is 0.655 bits per heavy atom. The minimum Gasteiger partial charge on any atom is -0.496 e. The maximum absolute atomic E-state index is 14.0. The van der Waals surface area contributed by atoms with Gasteiger partial charge in [0.05, 0.1) is 34.0 Å². The number of nitrogens with zero attached hydrogens (tertiary/aromatic N) is 4. The molecular weight excluding hydrogens is 725 g/mol. The Labute approximate surface area is 325 Å². The van der Waals surface area contributed by atoms with Crippen LogP contribution in [-0.4, -0.2) is 46.3 Å². The maximum atomic E-state index is 14.0. The van der Waals surface area contributed by atoms with Crippen LogP contribution < -0.4 is 14.5 Å². The van der Waals surface area contributed by atoms with Crippen molar-refractivity contribution < 1.29 is 14.3 Å². The van der Waals surface area contributed by atoms with Gasteiger partial charge in [-0.3, -0.25) is 24.4 Å². The SMILES string of the molecule is C/N=C1\S/C(=C\c2ccc3[nH]cc(-c4cc(/N=C5\S/C(=C\c6ccc7[nH]ccc7c6)C(=O)N5c5ccccc5)ccc4OC)c3c2)C(=O)N1c1ccccc1. The summed E-state index contributed by atoms with van der Waals surface area (Å²) in [6, 6.07) is 39.1. The van der Waals surface area contributed by atoms with E-state index in [2.05, 4.69) is 27.1 Å². The summed E-state index contributed by atoms with van der Waals surface area (Å²) >= 11 is 2.70. The van der Waals surface area contributed by atoms with Crippen LogP contribution in [0.25, 0.3) is 45.1 Å². The molecule has 0 spiro atoms. The van der Waals surface area contributed by atoms with Crippen LogP contribution >= 0.6 is 23.5 Å². The summed E-state index contributed by atoms with van der Waals surface area (Å²) in [4.78, 5) is 48.2. The fourth-order valence-corrected chi connectivity index (χ4v) is 8.72. The number of methoxy groups -OCH3 is 1. The van der Waals surface area contributed by atoms with Crippen molar-refractivity contribution in [2.75, 3.05) is 24.0 Å². The Hall–Kier alpha value is -6.56. The third-order valence-electron chi connectivity index (χ3n) is 9.41. The topological polar surface area (TPSA) is 106 Å². The Kier molecular flexibility index (Phi) is 8.93. The number of para-hydroxylation sites is 2. The number of hydrogen-bond acceptors (Lipinski definition) is 7. The molecule has 0 bridgehead atoms. The van der Waals surface area contributed by atoms with Crippen molar-refractivity contribution in [3.05, 3.63) is 155 Å². The first-order chi connectivity index (χ1) is 27.0. The lowest BCUT2D eigenvalue weighted by molar-refractivity contribution is -0.114. The minimum atomic E-state index is -0.140. The number of anilines is 2. The van der Waals surface area contributed by atoms with Gasteiger partial charge in [-0.05, 0) is 125 Å². The standard InChI is InChI=1S/C44H32N6O3S2/c1-45-43-49(31-9-5-3-6-10-31)41(51)39(54-43)24-28-14-17-37-33(22-28)35(26-47-37)34-25-30(15-18-38(34)53-2)48-44-50(32-11-7-4-8-12-32)42(52)40(55-44)23-27-13-16-36-29(21-27)19-20-46-36/h3-26,46-47H,1-2H3/b39-24-,40-23-,45-43-,48-44-. The number of nitrogens with one attached hydrogen (secondary N) is 2. The van der Waals surface area contributed by atoms with E-state index in [0.717, 1.165) is 55.4 Å². The van der Waals surface area contributed by atoms with Crippen LogP contribution in [0, 0.1) is 0 Å². The zero-order chi connectivity index (χ0) is 37.5. The quantitative estimate of drug-likeness (QED) is 0.158. The van der Waals surface area contributed by atoms with Gasteiger partial charge in [0.1, 0.15) is 5.75 Å². The second-order valence-electron chi connectivity index (χ2n) is 12.8. The third kappa shape index (κ3) is 6.43. The molecule has 0 unspecified atom stereocenters. The number of aromatic amines is 2. The van der Waals surface area contributed by atoms with Crippen molar-refractivity contribution in [2.45, 2.75) is 0 Å². The summed E-state index contributed by atoms with van der Waals surface area (Å²) in [5.41, 5.74) is 7.70. The van der Waals surface area contributed by atoms with E-state index in [1.807, 2.05) is 134 Å². The molecule has 55 heavy (non-hydrogen) atoms. The highest BCUT2D eigenvalue weighted by Crippen LogP contribution is 2.42. The molecule has 4 heterocycles. The van der Waals surface area contributed by atoms with E-state index in [0.29, 0.717) is 31.6 Å². The molecule has 2 amide bonds. The first-order valence-electron chi connectivity index (χ1n) is 17.5. The molecule has 9 rings (SSSR count). The van der Waals surface area contributed by atoms with Gasteiger partial charge in [0.25, 0.3) is 11.8 Å². The molecule has 2 aliphatic rings. The number of carbonyl (C=O) groups excluding carboxylic acids is 2. The van der Waals surface area contributed by atoms with E-state index in [4.69, 9.17) is 9.73 Å². The Morgan fingerprint density at radius 3 is 1.96 bits per heavy atom. The normalized spacial score (nSPS) is 17.6. The molecule has 2 aromatic heterocycles. The first-order valence-corrected chi connectivity index (χ1v) is 19.1. The molecule has 7 aromatic rings. The summed E-state index contributed by atoms with van der Waals surface area (Å²) in [5.74, 6) is 0.416. The van der Waals surface area contributed by atoms with E-state index >= 15 is 0 Å². The second-order valence-corrected chi connectivity index (χ2v) is 14.8. The summed E-state index contributed by atoms with van der Waals surface area (Å²) in [6.07, 6.45) is 7.69. The van der Waals surface area contributed by atoms with Crippen molar-refractivity contribution in [2.24, 2.45) is 9.98 Å². The number of H-pyrrole nitrogens is 2. The molecule has 2 aliphatic heterocycles. The lowest BCUT2D eigenvalue weighted by Crippen LogP contribution is -2.28. The molecule has 2 N–H and O–H groups in total. The number of hydrogen-bond donors (Lipinski definition) is 2. The number of thioether (sulfide) groups is 2. The average Bonchev–Trinajstić information content (AvgIpc) is 4.00. The number of carbonyl (C=O) groups is 2. The number of amidine groups is 2. The van der Waals surface area contributed by atoms with Gasteiger partial charge in [0.15, 0.2) is 10.3 Å². The number of fused-ring (bicyclic) bond motifs is 2. The average molecular weight is 757 g/mol. The molecular formula is C44H32N6O3S2. The summed E-state index contributed by atoms with van der Waals surface area (Å²) in [6.45, 7) is 0. The van der Waals surface area contributed by atoms with Crippen molar-refractivity contribution in [1.29, 1.82) is 0 Å². The van der Waals surface area contributed by atoms with Crippen molar-refractivity contribution in [3.8, 4) is 16.9 Å².